The topological polar surface area (TPSA) is 113 Å². The molecule has 1 aromatic heterocycles. The molecule has 2 atom stereocenters. The molecular formula is C24H34N4O6. The van der Waals surface area contributed by atoms with E-state index < -0.39 is 5.97 Å². The lowest BCUT2D eigenvalue weighted by atomic mass is 9.91. The van der Waals surface area contributed by atoms with Gasteiger partial charge in [-0.15, -0.1) is 0 Å². The Hall–Kier alpha value is -2.95. The zero-order valence-corrected chi connectivity index (χ0v) is 19.6. The number of ether oxygens (including phenoxy) is 4. The molecule has 3 rings (SSSR count). The van der Waals surface area contributed by atoms with Crippen molar-refractivity contribution in [1.82, 2.24) is 20.4 Å². The monoisotopic (exact) mass is 474 g/mol. The quantitative estimate of drug-likeness (QED) is 0.335. The average molecular weight is 475 g/mol. The number of hydrogen-bond acceptors (Lipinski definition) is 8. The summed E-state index contributed by atoms with van der Waals surface area (Å²) in [7, 11) is 1.34. The Bertz CT molecular complexity index is 875. The predicted molar refractivity (Wildman–Crippen MR) is 124 cm³/mol. The zero-order valence-electron chi connectivity index (χ0n) is 19.6. The maximum atomic E-state index is 12.2. The van der Waals surface area contributed by atoms with Gasteiger partial charge in [0.25, 0.3) is 0 Å². The number of piperidine rings is 1. The maximum absolute atomic E-state index is 12.2. The largest absolute Gasteiger partial charge is 0.465 e. The second-order valence-electron chi connectivity index (χ2n) is 8.06. The highest BCUT2D eigenvalue weighted by molar-refractivity contribution is 5.88. The van der Waals surface area contributed by atoms with E-state index in [0.717, 1.165) is 31.5 Å². The van der Waals surface area contributed by atoms with Crippen molar-refractivity contribution in [1.29, 1.82) is 0 Å². The highest BCUT2D eigenvalue weighted by Gasteiger charge is 2.26. The van der Waals surface area contributed by atoms with Crippen molar-refractivity contribution < 1.29 is 28.5 Å². The van der Waals surface area contributed by atoms with Gasteiger partial charge < -0.3 is 29.6 Å². The van der Waals surface area contributed by atoms with Crippen LogP contribution in [0.15, 0.2) is 42.7 Å². The van der Waals surface area contributed by atoms with Crippen molar-refractivity contribution in [2.45, 2.75) is 32.0 Å². The van der Waals surface area contributed by atoms with Crippen LogP contribution in [0.5, 0.6) is 0 Å². The van der Waals surface area contributed by atoms with E-state index in [4.69, 9.17) is 14.2 Å². The first-order valence-electron chi connectivity index (χ1n) is 11.6. The van der Waals surface area contributed by atoms with Crippen molar-refractivity contribution in [3.05, 3.63) is 53.9 Å². The Morgan fingerprint density at radius 1 is 1.15 bits per heavy atom. The van der Waals surface area contributed by atoms with Gasteiger partial charge in [0.2, 0.25) is 0 Å². The molecule has 2 aromatic rings. The van der Waals surface area contributed by atoms with Gasteiger partial charge in [0.15, 0.2) is 0 Å². The number of hydrogen-bond donors (Lipinski definition) is 2. The molecule has 186 valence electrons. The normalized spacial score (nSPS) is 17.8. The van der Waals surface area contributed by atoms with Gasteiger partial charge in [0.05, 0.1) is 45.2 Å². The molecule has 1 aromatic carbocycles. The standard InChI is InChI=1S/C24H34N4O6/c1-31-23(29)21-16-26-28(17-21)10-12-33-14-13-32-11-8-20-15-25-9-7-22(20)27-24(30)34-18-19-5-3-2-4-6-19/h2-6,16-17,20,22,25H,7-15,18H2,1H3,(H,27,30)/t20-,22-/m0/s1. The predicted octanol–water partition coefficient (Wildman–Crippen LogP) is 2.00. The van der Waals surface area contributed by atoms with Crippen LogP contribution in [0.3, 0.4) is 0 Å². The third-order valence-corrected chi connectivity index (χ3v) is 5.65. The molecule has 0 bridgehead atoms. The lowest BCUT2D eigenvalue weighted by molar-refractivity contribution is 0.0364. The van der Waals surface area contributed by atoms with Gasteiger partial charge in [-0.1, -0.05) is 30.3 Å². The van der Waals surface area contributed by atoms with Crippen molar-refractivity contribution in [3.63, 3.8) is 0 Å². The number of aromatic nitrogens is 2. The smallest absolute Gasteiger partial charge is 0.407 e. The lowest BCUT2D eigenvalue weighted by Gasteiger charge is -2.32. The molecule has 1 aliphatic heterocycles. The number of alkyl carbamates (subject to hydrolysis) is 1. The molecule has 0 radical (unpaired) electrons. The van der Waals surface area contributed by atoms with Crippen LogP contribution in [-0.4, -0.2) is 74.5 Å². The van der Waals surface area contributed by atoms with Gasteiger partial charge in [0, 0.05) is 18.8 Å². The van der Waals surface area contributed by atoms with Crippen LogP contribution >= 0.6 is 0 Å². The summed E-state index contributed by atoms with van der Waals surface area (Å²) in [6.45, 7) is 4.53. The average Bonchev–Trinajstić information content (AvgIpc) is 3.34. The van der Waals surface area contributed by atoms with Crippen LogP contribution < -0.4 is 10.6 Å². The van der Waals surface area contributed by atoms with Crippen molar-refractivity contribution in [2.24, 2.45) is 5.92 Å². The molecule has 0 unspecified atom stereocenters. The van der Waals surface area contributed by atoms with E-state index in [9.17, 15) is 9.59 Å². The molecule has 1 saturated heterocycles. The second kappa shape index (κ2) is 14.3. The molecule has 2 N–H and O–H groups in total. The zero-order chi connectivity index (χ0) is 24.0. The third-order valence-electron chi connectivity index (χ3n) is 5.65. The summed E-state index contributed by atoms with van der Waals surface area (Å²) >= 11 is 0. The van der Waals surface area contributed by atoms with Crippen molar-refractivity contribution in [2.75, 3.05) is 46.6 Å². The fourth-order valence-corrected chi connectivity index (χ4v) is 3.76. The van der Waals surface area contributed by atoms with E-state index >= 15 is 0 Å². The molecule has 34 heavy (non-hydrogen) atoms. The van der Waals surface area contributed by atoms with E-state index in [-0.39, 0.29) is 24.7 Å². The number of nitrogens with one attached hydrogen (secondary N) is 2. The Morgan fingerprint density at radius 2 is 1.94 bits per heavy atom. The first kappa shape index (κ1) is 25.7. The van der Waals surface area contributed by atoms with Crippen LogP contribution in [0.1, 0.15) is 28.8 Å². The van der Waals surface area contributed by atoms with Crippen molar-refractivity contribution >= 4 is 12.1 Å². The van der Waals surface area contributed by atoms with E-state index in [1.54, 1.807) is 10.9 Å². The number of benzene rings is 1. The molecular weight excluding hydrogens is 440 g/mol. The molecule has 1 amide bonds. The number of rotatable bonds is 13. The van der Waals surface area contributed by atoms with Crippen molar-refractivity contribution in [3.8, 4) is 0 Å². The van der Waals surface area contributed by atoms with Gasteiger partial charge in [-0.3, -0.25) is 4.68 Å². The van der Waals surface area contributed by atoms with Crippen LogP contribution in [0.2, 0.25) is 0 Å². The molecule has 1 aliphatic rings. The van der Waals surface area contributed by atoms with Gasteiger partial charge in [-0.25, -0.2) is 9.59 Å². The maximum Gasteiger partial charge on any atom is 0.407 e. The number of nitrogens with zero attached hydrogens (tertiary/aromatic N) is 2. The van der Waals surface area contributed by atoms with Gasteiger partial charge in [-0.2, -0.15) is 5.10 Å². The fourth-order valence-electron chi connectivity index (χ4n) is 3.76. The first-order chi connectivity index (χ1) is 16.7. The van der Waals surface area contributed by atoms with Crippen LogP contribution in [-0.2, 0) is 32.1 Å². The number of carbonyl (C=O) groups is 2. The Balaban J connectivity index is 1.25. The summed E-state index contributed by atoms with van der Waals surface area (Å²) < 4.78 is 23.0. The minimum Gasteiger partial charge on any atom is -0.465 e. The minimum atomic E-state index is -0.407. The summed E-state index contributed by atoms with van der Waals surface area (Å²) in [6.07, 6.45) is 4.41. The number of amides is 1. The summed E-state index contributed by atoms with van der Waals surface area (Å²) in [5.74, 6) is -0.127. The van der Waals surface area contributed by atoms with E-state index in [2.05, 4.69) is 20.5 Å². The van der Waals surface area contributed by atoms with Gasteiger partial charge in [0.1, 0.15) is 6.61 Å². The number of methoxy groups -OCH3 is 1. The third kappa shape index (κ3) is 8.77. The minimum absolute atomic E-state index is 0.0633. The van der Waals surface area contributed by atoms with E-state index in [1.165, 1.54) is 13.3 Å². The lowest BCUT2D eigenvalue weighted by Crippen LogP contribution is -2.49. The summed E-state index contributed by atoms with van der Waals surface area (Å²) in [5, 5.41) is 10.5. The Morgan fingerprint density at radius 3 is 2.74 bits per heavy atom. The van der Waals surface area contributed by atoms with Gasteiger partial charge in [-0.05, 0) is 37.4 Å². The number of esters is 1. The van der Waals surface area contributed by atoms with Crippen LogP contribution in [0, 0.1) is 5.92 Å². The number of carbonyl (C=O) groups excluding carboxylic acids is 2. The summed E-state index contributed by atoms with van der Waals surface area (Å²) in [6, 6.07) is 9.70. The first-order valence-corrected chi connectivity index (χ1v) is 11.6. The molecule has 0 saturated carbocycles. The summed E-state index contributed by atoms with van der Waals surface area (Å²) in [5.41, 5.74) is 1.38. The van der Waals surface area contributed by atoms with E-state index in [1.807, 2.05) is 30.3 Å². The highest BCUT2D eigenvalue weighted by atomic mass is 16.5. The Labute approximate surface area is 199 Å². The van der Waals surface area contributed by atoms with Crippen LogP contribution in [0.4, 0.5) is 4.79 Å². The Kier molecular flexibility index (Phi) is 10.8. The van der Waals surface area contributed by atoms with E-state index in [0.29, 0.717) is 38.5 Å². The molecule has 0 aliphatic carbocycles. The van der Waals surface area contributed by atoms with Gasteiger partial charge >= 0.3 is 12.1 Å². The molecule has 0 spiro atoms. The molecule has 2 heterocycles. The molecule has 1 fully saturated rings. The molecule has 10 heteroatoms. The summed E-state index contributed by atoms with van der Waals surface area (Å²) in [4.78, 5) is 23.6. The fraction of sp³-hybridized carbons (Fsp3) is 0.542. The molecule has 10 nitrogen and oxygen atoms in total. The SMILES string of the molecule is COC(=O)c1cnn(CCOCCOCC[C@H]2CNCC[C@@H]2NC(=O)OCc2ccccc2)c1. The van der Waals surface area contributed by atoms with Crippen LogP contribution in [0.25, 0.3) is 0 Å². The second-order valence-corrected chi connectivity index (χ2v) is 8.06. The highest BCUT2D eigenvalue weighted by Crippen LogP contribution is 2.16.